The molecule has 2 aliphatic carbocycles. The summed E-state index contributed by atoms with van der Waals surface area (Å²) in [7, 11) is -3.34. The van der Waals surface area contributed by atoms with Gasteiger partial charge in [0.05, 0.1) is 12.8 Å². The molecule has 62 heavy (non-hydrogen) atoms. The number of hydrogen-bond donors (Lipinski definition) is 3. The largest absolute Gasteiger partial charge is 0.370 e. The highest BCUT2D eigenvalue weighted by molar-refractivity contribution is 7.88. The lowest BCUT2D eigenvalue weighted by Gasteiger charge is -2.38. The van der Waals surface area contributed by atoms with Gasteiger partial charge in [-0.3, -0.25) is 5.10 Å². The molecule has 1 fully saturated rings. The molecule has 12 heteroatoms. The summed E-state index contributed by atoms with van der Waals surface area (Å²) >= 11 is 0. The normalized spacial score (nSPS) is 19.3. The number of aryl methyl sites for hydroxylation is 2. The van der Waals surface area contributed by atoms with Crippen molar-refractivity contribution in [3.63, 3.8) is 0 Å². The predicted octanol–water partition coefficient (Wildman–Crippen LogP) is 10.9. The number of rotatable bonds is 15. The average Bonchev–Trinajstić information content (AvgIpc) is 3.90. The van der Waals surface area contributed by atoms with Gasteiger partial charge in [0.15, 0.2) is 12.1 Å². The van der Waals surface area contributed by atoms with Gasteiger partial charge in [0.25, 0.3) is 0 Å². The standard InChI is InChI=1S/C50H59N7O4S/c1-9-55(25-24-52-62(8,59)60)36-22-23-45(35(6)28-36)56(46(61-58)30-43-40-20-14-12-18-38(40)39-19-13-15-21-41(39)43)50-47(51-7)44(29-42-33(4)26-31(2)27-34(42)5)49-53-48(54-57(49)50)37-17-11-10-16-32(37)3/h10-23,28,31,33-34,42-43,46,52,58H,9,24-27,29-30H2,1-6,8H3,(H,53,54). The number of aromatic nitrogens is 3. The fourth-order valence-electron chi connectivity index (χ4n) is 10.7. The van der Waals surface area contributed by atoms with Crippen molar-refractivity contribution < 1.29 is 18.6 Å². The van der Waals surface area contributed by atoms with E-state index in [1.165, 1.54) is 6.26 Å². The van der Waals surface area contributed by atoms with E-state index in [0.717, 1.165) is 68.7 Å². The van der Waals surface area contributed by atoms with E-state index in [1.54, 1.807) is 0 Å². The Bertz CT molecular complexity index is 2680. The van der Waals surface area contributed by atoms with Gasteiger partial charge in [-0.25, -0.2) is 37.6 Å². The quantitative estimate of drug-likeness (QED) is 0.0407. The maximum absolute atomic E-state index is 11.9. The van der Waals surface area contributed by atoms with E-state index in [2.05, 4.69) is 114 Å². The zero-order valence-corrected chi connectivity index (χ0v) is 37.7. The highest BCUT2D eigenvalue weighted by atomic mass is 32.2. The van der Waals surface area contributed by atoms with Crippen molar-refractivity contribution in [3.8, 4) is 22.5 Å². The summed E-state index contributed by atoms with van der Waals surface area (Å²) in [6, 6.07) is 31.2. The summed E-state index contributed by atoms with van der Waals surface area (Å²) < 4.78 is 28.4. The van der Waals surface area contributed by atoms with E-state index >= 15 is 0 Å². The molecule has 4 aromatic carbocycles. The number of nitrogens with zero attached hydrogens (tertiary/aromatic N) is 5. The fraction of sp³-hybridized carbons (Fsp3) is 0.400. The lowest BCUT2D eigenvalue weighted by atomic mass is 9.67. The summed E-state index contributed by atoms with van der Waals surface area (Å²) in [6.07, 6.45) is 3.57. The van der Waals surface area contributed by atoms with Crippen LogP contribution in [0.2, 0.25) is 0 Å². The first-order valence-corrected chi connectivity index (χ1v) is 23.9. The third-order valence-electron chi connectivity index (χ3n) is 13.6. The Morgan fingerprint density at radius 1 is 0.935 bits per heavy atom. The Balaban J connectivity index is 1.33. The zero-order valence-electron chi connectivity index (χ0n) is 36.9. The molecule has 2 aliphatic rings. The summed E-state index contributed by atoms with van der Waals surface area (Å²) in [6.45, 7) is 23.5. The van der Waals surface area contributed by atoms with Crippen LogP contribution in [0.4, 0.5) is 22.9 Å². The Kier molecular flexibility index (Phi) is 12.4. The molecule has 2 heterocycles. The van der Waals surface area contributed by atoms with Crippen molar-refractivity contribution in [2.24, 2.45) is 23.7 Å². The highest BCUT2D eigenvalue weighted by Gasteiger charge is 2.39. The van der Waals surface area contributed by atoms with Gasteiger partial charge in [-0.1, -0.05) is 93.6 Å². The van der Waals surface area contributed by atoms with Gasteiger partial charge in [-0.2, -0.15) is 0 Å². The molecule has 0 spiro atoms. The number of hydrogen-bond acceptors (Lipinski definition) is 7. The van der Waals surface area contributed by atoms with Crippen LogP contribution in [0, 0.1) is 44.1 Å². The van der Waals surface area contributed by atoms with Crippen molar-refractivity contribution in [1.29, 1.82) is 0 Å². The third kappa shape index (κ3) is 8.27. The van der Waals surface area contributed by atoms with Gasteiger partial charge < -0.3 is 9.80 Å². The molecule has 0 aliphatic heterocycles. The molecular weight excluding hydrogens is 795 g/mol. The van der Waals surface area contributed by atoms with Crippen molar-refractivity contribution in [1.82, 2.24) is 19.3 Å². The van der Waals surface area contributed by atoms with Crippen LogP contribution >= 0.6 is 0 Å². The van der Waals surface area contributed by atoms with Gasteiger partial charge >= 0.3 is 0 Å². The number of likely N-dealkylation sites (N-methyl/N-ethyl adjacent to an activating group) is 1. The molecule has 324 valence electrons. The lowest BCUT2D eigenvalue weighted by molar-refractivity contribution is -0.278. The summed E-state index contributed by atoms with van der Waals surface area (Å²) in [4.78, 5) is 19.5. The number of nitrogens with one attached hydrogen (secondary N) is 2. The van der Waals surface area contributed by atoms with Crippen molar-refractivity contribution in [2.45, 2.75) is 79.4 Å². The van der Waals surface area contributed by atoms with Crippen molar-refractivity contribution >= 4 is 38.6 Å². The SMILES string of the molecule is [C-]#[N+]c1c(CC2C(C)CC(C)CC2C)c2nc(-c3ccccc3C)[nH]n2c1N(c1ccc(N(CC)CCNS(C)(=O)=O)cc1C)C(CC1c2ccccc2-c2ccccc21)OO. The van der Waals surface area contributed by atoms with Gasteiger partial charge in [0, 0.05) is 54.5 Å². The molecule has 0 amide bonds. The number of anilines is 3. The van der Waals surface area contributed by atoms with Crippen LogP contribution in [0.1, 0.15) is 80.7 Å². The van der Waals surface area contributed by atoms with Gasteiger partial charge in [0.1, 0.15) is 11.5 Å². The first-order chi connectivity index (χ1) is 29.8. The highest BCUT2D eigenvalue weighted by Crippen LogP contribution is 2.51. The number of benzene rings is 4. The molecule has 2 aromatic heterocycles. The van der Waals surface area contributed by atoms with Gasteiger partial charge in [0.2, 0.25) is 15.7 Å². The van der Waals surface area contributed by atoms with Gasteiger partial charge in [-0.15, -0.1) is 0 Å². The topological polar surface area (TPSA) is 120 Å². The van der Waals surface area contributed by atoms with Crippen LogP contribution in [0.25, 0.3) is 33.0 Å². The second kappa shape index (κ2) is 17.7. The molecule has 0 saturated heterocycles. The number of H-pyrrole nitrogens is 1. The minimum absolute atomic E-state index is 0.110. The Morgan fingerprint density at radius 3 is 2.15 bits per heavy atom. The minimum atomic E-state index is -3.34. The number of fused-ring (bicyclic) bond motifs is 4. The van der Waals surface area contributed by atoms with Crippen LogP contribution in [0.15, 0.2) is 91.0 Å². The Hall–Kier alpha value is -5.45. The van der Waals surface area contributed by atoms with E-state index in [0.29, 0.717) is 72.6 Å². The molecule has 11 nitrogen and oxygen atoms in total. The third-order valence-corrected chi connectivity index (χ3v) is 14.3. The Morgan fingerprint density at radius 2 is 1.56 bits per heavy atom. The van der Waals surface area contributed by atoms with Crippen molar-refractivity contribution in [2.75, 3.05) is 35.7 Å². The van der Waals surface area contributed by atoms with E-state index in [9.17, 15) is 13.7 Å². The summed E-state index contributed by atoms with van der Waals surface area (Å²) in [5.41, 5.74) is 11.3. The first-order valence-electron chi connectivity index (χ1n) is 22.0. The molecule has 0 bridgehead atoms. The number of sulfonamides is 1. The second-order valence-electron chi connectivity index (χ2n) is 17.8. The molecule has 1 saturated carbocycles. The van der Waals surface area contributed by atoms with Crippen LogP contribution in [-0.4, -0.2) is 60.4 Å². The monoisotopic (exact) mass is 853 g/mol. The van der Waals surface area contributed by atoms with E-state index in [-0.39, 0.29) is 12.5 Å². The minimum Gasteiger partial charge on any atom is -0.370 e. The molecule has 0 radical (unpaired) electrons. The van der Waals surface area contributed by atoms with E-state index in [4.69, 9.17) is 16.4 Å². The zero-order chi connectivity index (χ0) is 43.9. The van der Waals surface area contributed by atoms with E-state index < -0.39 is 16.3 Å². The van der Waals surface area contributed by atoms with Crippen LogP contribution in [0.5, 0.6) is 0 Å². The van der Waals surface area contributed by atoms with Gasteiger partial charge in [-0.05, 0) is 115 Å². The molecular formula is C50H59N7O4S. The first kappa shape index (κ1) is 43.2. The molecule has 3 N–H and O–H groups in total. The summed E-state index contributed by atoms with van der Waals surface area (Å²) in [5.74, 6) is 3.08. The van der Waals surface area contributed by atoms with Crippen molar-refractivity contribution in [3.05, 3.63) is 130 Å². The van der Waals surface area contributed by atoms with Crippen LogP contribution in [-0.2, 0) is 21.3 Å². The van der Waals surface area contributed by atoms with E-state index in [1.807, 2.05) is 47.5 Å². The molecule has 3 unspecified atom stereocenters. The maximum Gasteiger partial charge on any atom is 0.235 e. The van der Waals surface area contributed by atoms with Crippen LogP contribution in [0.3, 0.4) is 0 Å². The fourth-order valence-corrected chi connectivity index (χ4v) is 11.2. The Labute approximate surface area is 366 Å². The average molecular weight is 854 g/mol. The molecule has 6 aromatic rings. The summed E-state index contributed by atoms with van der Waals surface area (Å²) in [5, 5.41) is 15.0. The smallest absolute Gasteiger partial charge is 0.235 e. The predicted molar refractivity (Wildman–Crippen MR) is 250 cm³/mol. The molecule has 3 atom stereocenters. The maximum atomic E-state index is 11.9. The number of aromatic amines is 1. The lowest BCUT2D eigenvalue weighted by Crippen LogP contribution is -2.36. The second-order valence-corrected chi connectivity index (χ2v) is 19.7. The molecule has 8 rings (SSSR count). The van der Waals surface area contributed by atoms with Crippen LogP contribution < -0.4 is 14.5 Å².